The van der Waals surface area contributed by atoms with E-state index in [2.05, 4.69) is 12.1 Å². The second-order valence-corrected chi connectivity index (χ2v) is 9.68. The van der Waals surface area contributed by atoms with E-state index in [9.17, 15) is 14.4 Å². The van der Waals surface area contributed by atoms with Crippen LogP contribution in [0.4, 0.5) is 5.69 Å². The number of carboxylic acid groups (broad SMARTS) is 1. The highest BCUT2D eigenvalue weighted by molar-refractivity contribution is 6.07. The number of amides is 2. The second kappa shape index (κ2) is 9.97. The van der Waals surface area contributed by atoms with E-state index in [0.29, 0.717) is 5.56 Å². The quantitative estimate of drug-likeness (QED) is 0.500. The van der Waals surface area contributed by atoms with Crippen molar-refractivity contribution in [2.24, 2.45) is 5.92 Å². The minimum absolute atomic E-state index is 0.0130. The number of hydrogen-bond acceptors (Lipinski definition) is 3. The first kappa shape index (κ1) is 23.8. The SMILES string of the molecule is CN(C(=O)CCC(=O)O)[C@H]1c2ccccc2N(C(=O)c2ccc(-c3ccccc3)cc2)[C@@H]2CCC[C@@H]21. The third kappa shape index (κ3) is 4.39. The van der Waals surface area contributed by atoms with Crippen molar-refractivity contribution in [1.82, 2.24) is 4.90 Å². The fraction of sp³-hybridized carbons (Fsp3) is 0.300. The van der Waals surface area contributed by atoms with Gasteiger partial charge < -0.3 is 14.9 Å². The molecule has 36 heavy (non-hydrogen) atoms. The van der Waals surface area contributed by atoms with E-state index in [1.54, 1.807) is 11.9 Å². The topological polar surface area (TPSA) is 77.9 Å². The third-order valence-corrected chi connectivity index (χ3v) is 7.60. The lowest BCUT2D eigenvalue weighted by molar-refractivity contribution is -0.141. The van der Waals surface area contributed by atoms with Crippen LogP contribution in [0.3, 0.4) is 0 Å². The van der Waals surface area contributed by atoms with Crippen LogP contribution in [-0.4, -0.2) is 40.9 Å². The zero-order valence-electron chi connectivity index (χ0n) is 20.3. The number of carboxylic acids is 1. The number of anilines is 1. The molecule has 1 N–H and O–H groups in total. The summed E-state index contributed by atoms with van der Waals surface area (Å²) >= 11 is 0. The summed E-state index contributed by atoms with van der Waals surface area (Å²) in [5, 5.41) is 9.03. The molecule has 5 rings (SSSR count). The van der Waals surface area contributed by atoms with Crippen molar-refractivity contribution in [2.75, 3.05) is 11.9 Å². The molecule has 0 spiro atoms. The van der Waals surface area contributed by atoms with Gasteiger partial charge in [-0.1, -0.05) is 67.1 Å². The van der Waals surface area contributed by atoms with Gasteiger partial charge in [0.05, 0.1) is 12.5 Å². The molecule has 1 saturated carbocycles. The maximum Gasteiger partial charge on any atom is 0.303 e. The number of carbonyl (C=O) groups is 3. The Kier molecular flexibility index (Phi) is 6.59. The van der Waals surface area contributed by atoms with E-state index in [4.69, 9.17) is 5.11 Å². The summed E-state index contributed by atoms with van der Waals surface area (Å²) in [5.74, 6) is -1.09. The lowest BCUT2D eigenvalue weighted by Gasteiger charge is -2.46. The van der Waals surface area contributed by atoms with Crippen molar-refractivity contribution >= 4 is 23.5 Å². The lowest BCUT2D eigenvalue weighted by atomic mass is 9.81. The van der Waals surface area contributed by atoms with Gasteiger partial charge in [-0.25, -0.2) is 0 Å². The molecular formula is C30H30N2O4. The Hall–Kier alpha value is -3.93. The molecule has 184 valence electrons. The van der Waals surface area contributed by atoms with Crippen molar-refractivity contribution in [3.8, 4) is 11.1 Å². The van der Waals surface area contributed by atoms with Gasteiger partial charge in [-0.3, -0.25) is 14.4 Å². The summed E-state index contributed by atoms with van der Waals surface area (Å²) in [4.78, 5) is 41.5. The molecule has 1 aliphatic carbocycles. The first-order valence-corrected chi connectivity index (χ1v) is 12.5. The Balaban J connectivity index is 1.47. The number of benzene rings is 3. The van der Waals surface area contributed by atoms with Crippen molar-refractivity contribution in [1.29, 1.82) is 0 Å². The molecule has 6 nitrogen and oxygen atoms in total. The van der Waals surface area contributed by atoms with Crippen LogP contribution in [0.1, 0.15) is 54.1 Å². The van der Waals surface area contributed by atoms with Crippen molar-refractivity contribution < 1.29 is 19.5 Å². The maximum atomic E-state index is 13.9. The smallest absolute Gasteiger partial charge is 0.303 e. The Labute approximate surface area is 211 Å². The summed E-state index contributed by atoms with van der Waals surface area (Å²) in [5.41, 5.74) is 4.59. The number of aliphatic carboxylic acids is 1. The standard InChI is InChI=1S/C30H30N2O4/c1-31(27(33)18-19-28(34)35)29-23-10-5-6-12-25(23)32(26-13-7-11-24(26)29)30(36)22-16-14-21(15-17-22)20-8-3-2-4-9-20/h2-6,8-10,12,14-17,24,26,29H,7,11,13,18-19H2,1H3,(H,34,35)/t24-,26+,29-/m0/s1. The predicted molar refractivity (Wildman–Crippen MR) is 139 cm³/mol. The number of fused-ring (bicyclic) bond motifs is 2. The van der Waals surface area contributed by atoms with E-state index in [1.165, 1.54) is 0 Å². The van der Waals surface area contributed by atoms with Gasteiger partial charge in [0.15, 0.2) is 0 Å². The Morgan fingerprint density at radius 3 is 2.25 bits per heavy atom. The van der Waals surface area contributed by atoms with Crippen molar-refractivity contribution in [2.45, 2.75) is 44.2 Å². The number of para-hydroxylation sites is 1. The maximum absolute atomic E-state index is 13.9. The minimum Gasteiger partial charge on any atom is -0.481 e. The molecule has 3 aromatic carbocycles. The normalized spacial score (nSPS) is 20.4. The molecule has 0 unspecified atom stereocenters. The lowest BCUT2D eigenvalue weighted by Crippen LogP contribution is -2.51. The molecule has 3 atom stereocenters. The zero-order chi connectivity index (χ0) is 25.2. The van der Waals surface area contributed by atoms with Crippen LogP contribution in [-0.2, 0) is 9.59 Å². The fourth-order valence-corrected chi connectivity index (χ4v) is 5.90. The molecule has 6 heteroatoms. The van der Waals surface area contributed by atoms with Gasteiger partial charge in [-0.15, -0.1) is 0 Å². The summed E-state index contributed by atoms with van der Waals surface area (Å²) in [7, 11) is 1.76. The molecule has 0 radical (unpaired) electrons. The van der Waals surface area contributed by atoms with Crippen LogP contribution >= 0.6 is 0 Å². The highest BCUT2D eigenvalue weighted by Gasteiger charge is 2.48. The van der Waals surface area contributed by atoms with Crippen LogP contribution in [0, 0.1) is 5.92 Å². The van der Waals surface area contributed by atoms with E-state index in [0.717, 1.165) is 41.6 Å². The van der Waals surface area contributed by atoms with Crippen LogP contribution in [0.2, 0.25) is 0 Å². The Bertz CT molecular complexity index is 1270. The number of hydrogen-bond donors (Lipinski definition) is 1. The van der Waals surface area contributed by atoms with Crippen molar-refractivity contribution in [3.63, 3.8) is 0 Å². The molecule has 1 fully saturated rings. The number of rotatable bonds is 6. The van der Waals surface area contributed by atoms with Gasteiger partial charge in [0.25, 0.3) is 5.91 Å². The second-order valence-electron chi connectivity index (χ2n) is 9.68. The monoisotopic (exact) mass is 482 g/mol. The molecule has 0 bridgehead atoms. The summed E-state index contributed by atoms with van der Waals surface area (Å²) in [6.45, 7) is 0. The van der Waals surface area contributed by atoms with Gasteiger partial charge in [0.1, 0.15) is 0 Å². The molecular weight excluding hydrogens is 452 g/mol. The van der Waals surface area contributed by atoms with Crippen LogP contribution < -0.4 is 4.90 Å². The summed E-state index contributed by atoms with van der Waals surface area (Å²) in [6.07, 6.45) is 2.55. The molecule has 0 saturated heterocycles. The van der Waals surface area contributed by atoms with Gasteiger partial charge in [0.2, 0.25) is 5.91 Å². The molecule has 2 aliphatic rings. The van der Waals surface area contributed by atoms with E-state index in [1.807, 2.05) is 71.6 Å². The van der Waals surface area contributed by atoms with Gasteiger partial charge >= 0.3 is 5.97 Å². The van der Waals surface area contributed by atoms with Gasteiger partial charge in [0, 0.05) is 36.7 Å². The third-order valence-electron chi connectivity index (χ3n) is 7.60. The van der Waals surface area contributed by atoms with Gasteiger partial charge in [-0.2, -0.15) is 0 Å². The summed E-state index contributed by atoms with van der Waals surface area (Å²) in [6, 6.07) is 25.5. The van der Waals surface area contributed by atoms with Crippen LogP contribution in [0.25, 0.3) is 11.1 Å². The minimum atomic E-state index is -0.977. The Morgan fingerprint density at radius 2 is 1.53 bits per heavy atom. The molecule has 2 amide bonds. The highest BCUT2D eigenvalue weighted by atomic mass is 16.4. The first-order chi connectivity index (χ1) is 17.5. The van der Waals surface area contributed by atoms with Gasteiger partial charge in [-0.05, 0) is 47.7 Å². The molecule has 3 aromatic rings. The fourth-order valence-electron chi connectivity index (χ4n) is 5.90. The predicted octanol–water partition coefficient (Wildman–Crippen LogP) is 5.55. The van der Waals surface area contributed by atoms with Crippen LogP contribution in [0.5, 0.6) is 0 Å². The first-order valence-electron chi connectivity index (χ1n) is 12.5. The van der Waals surface area contributed by atoms with Crippen LogP contribution in [0.15, 0.2) is 78.9 Å². The molecule has 1 aliphatic heterocycles. The van der Waals surface area contributed by atoms with E-state index in [-0.39, 0.29) is 42.7 Å². The Morgan fingerprint density at radius 1 is 0.861 bits per heavy atom. The largest absolute Gasteiger partial charge is 0.481 e. The zero-order valence-corrected chi connectivity index (χ0v) is 20.3. The number of nitrogens with zero attached hydrogens (tertiary/aromatic N) is 2. The van der Waals surface area contributed by atoms with E-state index >= 15 is 0 Å². The highest BCUT2D eigenvalue weighted by Crippen LogP contribution is 2.50. The van der Waals surface area contributed by atoms with Crippen molar-refractivity contribution in [3.05, 3.63) is 90.0 Å². The van der Waals surface area contributed by atoms with E-state index < -0.39 is 5.97 Å². The average molecular weight is 483 g/mol. The number of carbonyl (C=O) groups excluding carboxylic acids is 2. The summed E-state index contributed by atoms with van der Waals surface area (Å²) < 4.78 is 0. The average Bonchev–Trinajstić information content (AvgIpc) is 3.39. The molecule has 0 aromatic heterocycles. The molecule has 1 heterocycles.